The van der Waals surface area contributed by atoms with Crippen LogP contribution in [0.2, 0.25) is 0 Å². The van der Waals surface area contributed by atoms with Crippen molar-refractivity contribution < 1.29 is 14.3 Å². The number of thioether (sulfide) groups is 1. The largest absolute Gasteiger partial charge is 0.497 e. The van der Waals surface area contributed by atoms with E-state index < -0.39 is 0 Å². The Morgan fingerprint density at radius 1 is 1.04 bits per heavy atom. The molecule has 0 aromatic heterocycles. The molecule has 0 heterocycles. The molecule has 2 aromatic rings. The molecule has 6 heteroatoms. The van der Waals surface area contributed by atoms with Crippen molar-refractivity contribution in [3.05, 3.63) is 48.5 Å². The molecule has 134 valence electrons. The maximum absolute atomic E-state index is 11.9. The van der Waals surface area contributed by atoms with Gasteiger partial charge >= 0.3 is 0 Å². The van der Waals surface area contributed by atoms with E-state index in [1.54, 1.807) is 18.9 Å². The fraction of sp³-hybridized carbons (Fsp3) is 0.316. The summed E-state index contributed by atoms with van der Waals surface area (Å²) in [4.78, 5) is 14.0. The molecule has 1 N–H and O–H groups in total. The van der Waals surface area contributed by atoms with E-state index in [4.69, 9.17) is 9.47 Å². The highest BCUT2D eigenvalue weighted by Crippen LogP contribution is 2.18. The van der Waals surface area contributed by atoms with Gasteiger partial charge in [-0.1, -0.05) is 0 Å². The second kappa shape index (κ2) is 9.84. The van der Waals surface area contributed by atoms with Crippen molar-refractivity contribution in [3.63, 3.8) is 0 Å². The Morgan fingerprint density at radius 2 is 1.68 bits per heavy atom. The Kier molecular flexibility index (Phi) is 7.47. The second-order valence-electron chi connectivity index (χ2n) is 5.57. The summed E-state index contributed by atoms with van der Waals surface area (Å²) in [5.74, 6) is 2.75. The molecule has 0 radical (unpaired) electrons. The molecule has 25 heavy (non-hydrogen) atoms. The van der Waals surface area contributed by atoms with Crippen molar-refractivity contribution in [2.75, 3.05) is 49.5 Å². The van der Waals surface area contributed by atoms with Gasteiger partial charge < -0.3 is 19.7 Å². The Hall–Kier alpha value is -2.34. The number of anilines is 2. The molecule has 0 unspecified atom stereocenters. The molecular formula is C19H24N2O3S. The lowest BCUT2D eigenvalue weighted by atomic mass is 10.2. The van der Waals surface area contributed by atoms with Crippen LogP contribution in [0.15, 0.2) is 48.5 Å². The molecule has 5 nitrogen and oxygen atoms in total. The van der Waals surface area contributed by atoms with Crippen LogP contribution >= 0.6 is 11.8 Å². The van der Waals surface area contributed by atoms with Gasteiger partial charge in [0.2, 0.25) is 5.91 Å². The number of benzene rings is 2. The molecule has 0 bridgehead atoms. The summed E-state index contributed by atoms with van der Waals surface area (Å²) in [7, 11) is 5.60. The van der Waals surface area contributed by atoms with Crippen LogP contribution in [0.1, 0.15) is 0 Å². The first-order chi connectivity index (χ1) is 12.1. The molecule has 0 spiro atoms. The third kappa shape index (κ3) is 6.58. The second-order valence-corrected chi connectivity index (χ2v) is 6.67. The lowest BCUT2D eigenvalue weighted by Gasteiger charge is -2.13. The highest BCUT2D eigenvalue weighted by Gasteiger charge is 2.03. The minimum absolute atomic E-state index is 0.00736. The van der Waals surface area contributed by atoms with Gasteiger partial charge in [-0.3, -0.25) is 4.79 Å². The monoisotopic (exact) mass is 360 g/mol. The molecule has 2 rings (SSSR count). The van der Waals surface area contributed by atoms with Crippen molar-refractivity contribution >= 4 is 29.0 Å². The average molecular weight is 360 g/mol. The standard InChI is InChI=1S/C19H24N2O3S/c1-21(2)16-6-4-15(5-7-16)20-19(22)14-25-13-12-24-18-10-8-17(23-3)9-11-18/h4-11H,12-14H2,1-3H3,(H,20,22). The molecule has 0 saturated heterocycles. The van der Waals surface area contributed by atoms with Crippen LogP contribution < -0.4 is 19.7 Å². The zero-order valence-corrected chi connectivity index (χ0v) is 15.6. The molecule has 1 amide bonds. The highest BCUT2D eigenvalue weighted by molar-refractivity contribution is 7.99. The van der Waals surface area contributed by atoms with Gasteiger partial charge in [0.25, 0.3) is 0 Å². The Labute approximate surface area is 153 Å². The van der Waals surface area contributed by atoms with E-state index in [2.05, 4.69) is 5.32 Å². The fourth-order valence-corrected chi connectivity index (χ4v) is 2.70. The fourth-order valence-electron chi connectivity index (χ4n) is 2.10. The molecule has 0 aliphatic carbocycles. The first-order valence-electron chi connectivity index (χ1n) is 8.00. The summed E-state index contributed by atoms with van der Waals surface area (Å²) in [6.45, 7) is 0.557. The van der Waals surface area contributed by atoms with Crippen molar-refractivity contribution in [3.8, 4) is 11.5 Å². The summed E-state index contributed by atoms with van der Waals surface area (Å²) in [5, 5.41) is 2.90. The number of ether oxygens (including phenoxy) is 2. The zero-order chi connectivity index (χ0) is 18.1. The third-order valence-electron chi connectivity index (χ3n) is 3.46. The van der Waals surface area contributed by atoms with Gasteiger partial charge in [0.05, 0.1) is 19.5 Å². The minimum Gasteiger partial charge on any atom is -0.497 e. The Balaban J connectivity index is 1.63. The number of amides is 1. The molecule has 0 fully saturated rings. The van der Waals surface area contributed by atoms with Gasteiger partial charge in [-0.25, -0.2) is 0 Å². The van der Waals surface area contributed by atoms with Crippen LogP contribution in [0.4, 0.5) is 11.4 Å². The third-order valence-corrected chi connectivity index (χ3v) is 4.38. The molecule has 2 aromatic carbocycles. The minimum atomic E-state index is -0.00736. The number of carbonyl (C=O) groups excluding carboxylic acids is 1. The van der Waals surface area contributed by atoms with Crippen molar-refractivity contribution in [2.45, 2.75) is 0 Å². The number of methoxy groups -OCH3 is 1. The SMILES string of the molecule is COc1ccc(OCCSCC(=O)Nc2ccc(N(C)C)cc2)cc1. The van der Waals surface area contributed by atoms with E-state index in [0.717, 1.165) is 28.6 Å². The van der Waals surface area contributed by atoms with Crippen LogP contribution in [0.3, 0.4) is 0 Å². The summed E-state index contributed by atoms with van der Waals surface area (Å²) < 4.78 is 10.7. The van der Waals surface area contributed by atoms with Crippen LogP contribution in [0.5, 0.6) is 11.5 Å². The van der Waals surface area contributed by atoms with Gasteiger partial charge in [0.15, 0.2) is 0 Å². The van der Waals surface area contributed by atoms with Crippen molar-refractivity contribution in [1.82, 2.24) is 0 Å². The predicted molar refractivity (Wildman–Crippen MR) is 105 cm³/mol. The Bertz CT molecular complexity index is 657. The van der Waals surface area contributed by atoms with Crippen molar-refractivity contribution in [2.24, 2.45) is 0 Å². The quantitative estimate of drug-likeness (QED) is 0.694. The maximum Gasteiger partial charge on any atom is 0.234 e. The highest BCUT2D eigenvalue weighted by atomic mass is 32.2. The number of nitrogens with zero attached hydrogens (tertiary/aromatic N) is 1. The summed E-state index contributed by atoms with van der Waals surface area (Å²) in [6, 6.07) is 15.2. The molecule has 0 aliphatic heterocycles. The average Bonchev–Trinajstić information content (AvgIpc) is 2.62. The molecule has 0 aliphatic rings. The number of nitrogens with one attached hydrogen (secondary N) is 1. The molecule has 0 saturated carbocycles. The van der Waals surface area contributed by atoms with Gasteiger partial charge in [-0.05, 0) is 48.5 Å². The zero-order valence-electron chi connectivity index (χ0n) is 14.8. The molecule has 0 atom stereocenters. The van der Waals surface area contributed by atoms with E-state index in [1.165, 1.54) is 0 Å². The van der Waals surface area contributed by atoms with Crippen molar-refractivity contribution in [1.29, 1.82) is 0 Å². The first kappa shape index (κ1) is 19.0. The van der Waals surface area contributed by atoms with Crippen LogP contribution in [0, 0.1) is 0 Å². The number of rotatable bonds is 9. The summed E-state index contributed by atoms with van der Waals surface area (Å²) in [5.41, 5.74) is 1.91. The van der Waals surface area contributed by atoms with E-state index in [1.807, 2.05) is 67.5 Å². The lowest BCUT2D eigenvalue weighted by molar-refractivity contribution is -0.113. The van der Waals surface area contributed by atoms with Crippen LogP contribution in [-0.4, -0.2) is 45.2 Å². The molecular weight excluding hydrogens is 336 g/mol. The van der Waals surface area contributed by atoms with Gasteiger partial charge in [-0.15, -0.1) is 11.8 Å². The smallest absolute Gasteiger partial charge is 0.234 e. The van der Waals surface area contributed by atoms with E-state index in [0.29, 0.717) is 12.4 Å². The van der Waals surface area contributed by atoms with Gasteiger partial charge in [0, 0.05) is 31.2 Å². The Morgan fingerprint density at radius 3 is 2.28 bits per heavy atom. The first-order valence-corrected chi connectivity index (χ1v) is 9.16. The summed E-state index contributed by atoms with van der Waals surface area (Å²) >= 11 is 1.55. The topological polar surface area (TPSA) is 50.8 Å². The van der Waals surface area contributed by atoms with E-state index >= 15 is 0 Å². The summed E-state index contributed by atoms with van der Waals surface area (Å²) in [6.07, 6.45) is 0. The predicted octanol–water partition coefficient (Wildman–Crippen LogP) is 3.51. The van der Waals surface area contributed by atoms with Gasteiger partial charge in [0.1, 0.15) is 11.5 Å². The number of carbonyl (C=O) groups is 1. The lowest BCUT2D eigenvalue weighted by Crippen LogP contribution is -2.15. The van der Waals surface area contributed by atoms with Crippen LogP contribution in [0.25, 0.3) is 0 Å². The number of hydrogen-bond acceptors (Lipinski definition) is 5. The maximum atomic E-state index is 11.9. The normalized spacial score (nSPS) is 10.2. The number of hydrogen-bond donors (Lipinski definition) is 1. The van der Waals surface area contributed by atoms with Gasteiger partial charge in [-0.2, -0.15) is 0 Å². The van der Waals surface area contributed by atoms with E-state index in [9.17, 15) is 4.79 Å². The van der Waals surface area contributed by atoms with Crippen LogP contribution in [-0.2, 0) is 4.79 Å². The van der Waals surface area contributed by atoms with E-state index in [-0.39, 0.29) is 5.91 Å².